The molecule has 0 radical (unpaired) electrons. The van der Waals surface area contributed by atoms with Gasteiger partial charge in [0.2, 0.25) is 0 Å². The first-order valence-electron chi connectivity index (χ1n) is 6.95. The Kier molecular flexibility index (Phi) is 3.70. The number of esters is 1. The molecule has 1 aliphatic rings. The number of benzene rings is 1. The molecule has 1 atom stereocenters. The van der Waals surface area contributed by atoms with E-state index < -0.39 is 0 Å². The lowest BCUT2D eigenvalue weighted by Crippen LogP contribution is -2.29. The molecule has 0 amide bonds. The molecule has 1 unspecified atom stereocenters. The lowest BCUT2D eigenvalue weighted by Gasteiger charge is -2.17. The Morgan fingerprint density at radius 3 is 3.00 bits per heavy atom. The van der Waals surface area contributed by atoms with Crippen LogP contribution in [0, 0.1) is 0 Å². The number of para-hydroxylation sites is 1. The van der Waals surface area contributed by atoms with Gasteiger partial charge in [0.15, 0.2) is 0 Å². The van der Waals surface area contributed by atoms with E-state index in [1.165, 1.54) is 0 Å². The van der Waals surface area contributed by atoms with Crippen molar-refractivity contribution in [1.82, 2.24) is 19.7 Å². The summed E-state index contributed by atoms with van der Waals surface area (Å²) >= 11 is 0. The fourth-order valence-electron chi connectivity index (χ4n) is 2.60. The van der Waals surface area contributed by atoms with Gasteiger partial charge in [0.25, 0.3) is 0 Å². The van der Waals surface area contributed by atoms with E-state index in [4.69, 9.17) is 4.74 Å². The highest BCUT2D eigenvalue weighted by molar-refractivity contribution is 5.71. The number of aromatic nitrogens is 3. The number of nitrogens with zero attached hydrogens (tertiary/aromatic N) is 4. The fourth-order valence-corrected chi connectivity index (χ4v) is 2.60. The first-order valence-corrected chi connectivity index (χ1v) is 6.95. The van der Waals surface area contributed by atoms with Crippen molar-refractivity contribution in [1.29, 1.82) is 0 Å². The molecule has 1 aromatic heterocycles. The van der Waals surface area contributed by atoms with Gasteiger partial charge in [0.1, 0.15) is 18.3 Å². The third-order valence-electron chi connectivity index (χ3n) is 3.47. The van der Waals surface area contributed by atoms with E-state index in [0.717, 1.165) is 17.1 Å². The summed E-state index contributed by atoms with van der Waals surface area (Å²) in [5, 5.41) is 8.12. The summed E-state index contributed by atoms with van der Waals surface area (Å²) in [6, 6.07) is 8.07. The Labute approximate surface area is 123 Å². The van der Waals surface area contributed by atoms with Crippen molar-refractivity contribution >= 4 is 5.97 Å². The Balaban J connectivity index is 1.86. The molecule has 0 aliphatic carbocycles. The van der Waals surface area contributed by atoms with E-state index in [1.807, 2.05) is 36.9 Å². The van der Waals surface area contributed by atoms with Crippen LogP contribution in [0.4, 0.5) is 0 Å². The van der Waals surface area contributed by atoms with E-state index >= 15 is 0 Å². The summed E-state index contributed by atoms with van der Waals surface area (Å²) in [6.45, 7) is 0.283. The van der Waals surface area contributed by atoms with Crippen LogP contribution in [0.2, 0.25) is 0 Å². The zero-order chi connectivity index (χ0) is 14.8. The number of fused-ring (bicyclic) bond motifs is 3. The largest absolute Gasteiger partial charge is 0.461 e. The summed E-state index contributed by atoms with van der Waals surface area (Å²) in [6.07, 6.45) is 2.77. The van der Waals surface area contributed by atoms with Gasteiger partial charge in [-0.2, -0.15) is 0 Å². The van der Waals surface area contributed by atoms with Crippen LogP contribution in [-0.4, -0.2) is 52.4 Å². The zero-order valence-corrected chi connectivity index (χ0v) is 12.2. The number of rotatable bonds is 3. The molecule has 1 aromatic carbocycles. The van der Waals surface area contributed by atoms with Crippen LogP contribution in [0.3, 0.4) is 0 Å². The molecular weight excluding hydrogens is 268 g/mol. The first-order chi connectivity index (χ1) is 10.1. The van der Waals surface area contributed by atoms with Crippen molar-refractivity contribution in [3.05, 3.63) is 42.0 Å². The van der Waals surface area contributed by atoms with Crippen LogP contribution in [0.25, 0.3) is 5.69 Å². The topological polar surface area (TPSA) is 60.2 Å². The number of likely N-dealkylation sites (N-methyl/N-ethyl adjacent to an activating group) is 1. The Morgan fingerprint density at radius 2 is 2.19 bits per heavy atom. The Morgan fingerprint density at radius 1 is 1.38 bits per heavy atom. The molecule has 0 saturated carbocycles. The second-order valence-electron chi connectivity index (χ2n) is 5.50. The van der Waals surface area contributed by atoms with Crippen molar-refractivity contribution in [3.8, 4) is 5.69 Å². The maximum Gasteiger partial charge on any atom is 0.320 e. The Bertz CT molecular complexity index is 651. The van der Waals surface area contributed by atoms with E-state index in [0.29, 0.717) is 12.8 Å². The smallest absolute Gasteiger partial charge is 0.320 e. The molecule has 0 N–H and O–H groups in total. The van der Waals surface area contributed by atoms with E-state index in [-0.39, 0.29) is 18.6 Å². The summed E-state index contributed by atoms with van der Waals surface area (Å²) < 4.78 is 7.57. The van der Waals surface area contributed by atoms with E-state index in [1.54, 1.807) is 11.2 Å². The van der Waals surface area contributed by atoms with Crippen LogP contribution >= 0.6 is 0 Å². The standard InChI is InChI=1S/C15H18N4O2/c1-18(2)9-15(20)21-12-7-11-5-3-4-6-13(11)19-10-16-17-14(19)8-12/h3-6,10,12H,7-9H2,1-2H3. The maximum absolute atomic E-state index is 11.9. The quantitative estimate of drug-likeness (QED) is 0.783. The number of ether oxygens (including phenoxy) is 1. The molecule has 21 heavy (non-hydrogen) atoms. The van der Waals surface area contributed by atoms with Crippen molar-refractivity contribution in [2.24, 2.45) is 0 Å². The second kappa shape index (κ2) is 5.65. The SMILES string of the molecule is CN(C)CC(=O)OC1Cc2ccccc2-n2cnnc2C1. The minimum atomic E-state index is -0.213. The minimum absolute atomic E-state index is 0.205. The highest BCUT2D eigenvalue weighted by Gasteiger charge is 2.24. The summed E-state index contributed by atoms with van der Waals surface area (Å²) in [7, 11) is 3.70. The molecule has 0 spiro atoms. The third kappa shape index (κ3) is 2.95. The van der Waals surface area contributed by atoms with Gasteiger partial charge in [-0.25, -0.2) is 0 Å². The van der Waals surface area contributed by atoms with Crippen LogP contribution in [0.5, 0.6) is 0 Å². The van der Waals surface area contributed by atoms with Crippen LogP contribution < -0.4 is 0 Å². The average Bonchev–Trinajstić information content (AvgIpc) is 2.81. The van der Waals surface area contributed by atoms with Crippen LogP contribution in [-0.2, 0) is 22.4 Å². The van der Waals surface area contributed by atoms with Gasteiger partial charge in [-0.05, 0) is 25.7 Å². The molecule has 2 aromatic rings. The Hall–Kier alpha value is -2.21. The predicted molar refractivity (Wildman–Crippen MR) is 77.2 cm³/mol. The van der Waals surface area contributed by atoms with Gasteiger partial charge < -0.3 is 4.74 Å². The van der Waals surface area contributed by atoms with Crippen molar-refractivity contribution in [2.75, 3.05) is 20.6 Å². The third-order valence-corrected chi connectivity index (χ3v) is 3.47. The second-order valence-corrected chi connectivity index (χ2v) is 5.50. The van der Waals surface area contributed by atoms with Gasteiger partial charge in [0.05, 0.1) is 12.2 Å². The van der Waals surface area contributed by atoms with Crippen LogP contribution in [0.15, 0.2) is 30.6 Å². The fraction of sp³-hybridized carbons (Fsp3) is 0.400. The van der Waals surface area contributed by atoms with Gasteiger partial charge in [0, 0.05) is 12.8 Å². The highest BCUT2D eigenvalue weighted by atomic mass is 16.5. The monoisotopic (exact) mass is 286 g/mol. The number of hydrogen-bond acceptors (Lipinski definition) is 5. The number of carbonyl (C=O) groups excluding carboxylic acids is 1. The van der Waals surface area contributed by atoms with E-state index in [2.05, 4.69) is 16.3 Å². The number of carbonyl (C=O) groups is 1. The van der Waals surface area contributed by atoms with Crippen molar-refractivity contribution in [3.63, 3.8) is 0 Å². The lowest BCUT2D eigenvalue weighted by molar-refractivity contribution is -0.149. The predicted octanol–water partition coefficient (Wildman–Crippen LogP) is 0.839. The lowest BCUT2D eigenvalue weighted by atomic mass is 10.1. The molecule has 2 heterocycles. The minimum Gasteiger partial charge on any atom is -0.461 e. The molecule has 1 aliphatic heterocycles. The normalized spacial score (nSPS) is 17.0. The maximum atomic E-state index is 11.9. The summed E-state index contributed by atoms with van der Waals surface area (Å²) in [5.74, 6) is 0.609. The molecule has 0 fully saturated rings. The van der Waals surface area contributed by atoms with E-state index in [9.17, 15) is 4.79 Å². The van der Waals surface area contributed by atoms with Crippen LogP contribution in [0.1, 0.15) is 11.4 Å². The van der Waals surface area contributed by atoms with Gasteiger partial charge in [-0.3, -0.25) is 14.3 Å². The molecule has 6 nitrogen and oxygen atoms in total. The zero-order valence-electron chi connectivity index (χ0n) is 12.2. The van der Waals surface area contributed by atoms with Gasteiger partial charge in [-0.1, -0.05) is 18.2 Å². The summed E-state index contributed by atoms with van der Waals surface area (Å²) in [4.78, 5) is 13.7. The van der Waals surface area contributed by atoms with Gasteiger partial charge >= 0.3 is 5.97 Å². The van der Waals surface area contributed by atoms with Gasteiger partial charge in [-0.15, -0.1) is 10.2 Å². The summed E-state index contributed by atoms with van der Waals surface area (Å²) in [5.41, 5.74) is 2.20. The van der Waals surface area contributed by atoms with Crippen molar-refractivity contribution in [2.45, 2.75) is 18.9 Å². The number of hydrogen-bond donors (Lipinski definition) is 0. The molecule has 110 valence electrons. The van der Waals surface area contributed by atoms with Crippen molar-refractivity contribution < 1.29 is 9.53 Å². The molecule has 0 bridgehead atoms. The molecular formula is C15H18N4O2. The molecule has 3 rings (SSSR count). The first kappa shape index (κ1) is 13.8. The average molecular weight is 286 g/mol. The highest BCUT2D eigenvalue weighted by Crippen LogP contribution is 2.24. The molecule has 6 heteroatoms. The molecule has 0 saturated heterocycles.